The van der Waals surface area contributed by atoms with Gasteiger partial charge in [-0.2, -0.15) is 0 Å². The van der Waals surface area contributed by atoms with Crippen LogP contribution in [0.15, 0.2) is 41.8 Å². The van der Waals surface area contributed by atoms with Gasteiger partial charge < -0.3 is 0 Å². The molecule has 1 aromatic carbocycles. The predicted molar refractivity (Wildman–Crippen MR) is 85.0 cm³/mol. The highest BCUT2D eigenvalue weighted by atomic mass is 35.5. The zero-order chi connectivity index (χ0) is 14.8. The number of anilines is 1. The smallest absolute Gasteiger partial charge is 0.157 e. The summed E-state index contributed by atoms with van der Waals surface area (Å²) in [6.45, 7) is 4.96. The number of hydrogen-bond acceptors (Lipinski definition) is 4. The largest absolute Gasteiger partial charge is 0.286 e. The molecule has 108 valence electrons. The summed E-state index contributed by atoms with van der Waals surface area (Å²) in [6.07, 6.45) is 3.18. The Morgan fingerprint density at radius 3 is 2.95 bits per heavy atom. The van der Waals surface area contributed by atoms with Crippen molar-refractivity contribution in [1.29, 1.82) is 0 Å². The molecule has 1 aliphatic heterocycles. The van der Waals surface area contributed by atoms with Gasteiger partial charge in [0.15, 0.2) is 5.82 Å². The van der Waals surface area contributed by atoms with E-state index < -0.39 is 0 Å². The molecule has 2 heterocycles. The lowest BCUT2D eigenvalue weighted by molar-refractivity contribution is 0.773. The maximum Gasteiger partial charge on any atom is 0.157 e. The quantitative estimate of drug-likeness (QED) is 0.926. The van der Waals surface area contributed by atoms with E-state index in [0.29, 0.717) is 11.7 Å². The number of aliphatic imine (C=N–C) groups is 1. The number of nitrogens with one attached hydrogen (secondary N) is 1. The van der Waals surface area contributed by atoms with E-state index in [0.717, 1.165) is 28.7 Å². The van der Waals surface area contributed by atoms with Crippen LogP contribution in [0.1, 0.15) is 12.5 Å². The van der Waals surface area contributed by atoms with Gasteiger partial charge >= 0.3 is 0 Å². The zero-order valence-electron chi connectivity index (χ0n) is 11.9. The van der Waals surface area contributed by atoms with Gasteiger partial charge in [-0.05, 0) is 24.6 Å². The molecular formula is C15H16ClN5. The fourth-order valence-electron chi connectivity index (χ4n) is 2.18. The van der Waals surface area contributed by atoms with Gasteiger partial charge in [0.25, 0.3) is 0 Å². The highest BCUT2D eigenvalue weighted by molar-refractivity contribution is 6.31. The van der Waals surface area contributed by atoms with Crippen molar-refractivity contribution in [2.75, 3.05) is 11.6 Å². The van der Waals surface area contributed by atoms with Gasteiger partial charge in [0.05, 0.1) is 5.69 Å². The number of aryl methyl sites for hydroxylation is 1. The van der Waals surface area contributed by atoms with Crippen LogP contribution in [0.4, 0.5) is 11.5 Å². The molecule has 1 N–H and O–H groups in total. The van der Waals surface area contributed by atoms with Crippen molar-refractivity contribution in [2.45, 2.75) is 13.8 Å². The van der Waals surface area contributed by atoms with Gasteiger partial charge in [0.1, 0.15) is 12.2 Å². The molecule has 3 rings (SSSR count). The predicted octanol–water partition coefficient (Wildman–Crippen LogP) is 3.13. The number of halogens is 1. The summed E-state index contributed by atoms with van der Waals surface area (Å²) < 4.78 is 0. The van der Waals surface area contributed by atoms with E-state index in [1.165, 1.54) is 6.33 Å². The van der Waals surface area contributed by atoms with Gasteiger partial charge in [-0.15, -0.1) is 0 Å². The maximum atomic E-state index is 6.19. The second kappa shape index (κ2) is 5.69. The Morgan fingerprint density at radius 1 is 1.38 bits per heavy atom. The molecule has 1 unspecified atom stereocenters. The van der Waals surface area contributed by atoms with E-state index in [4.69, 9.17) is 11.6 Å². The van der Waals surface area contributed by atoms with E-state index >= 15 is 0 Å². The summed E-state index contributed by atoms with van der Waals surface area (Å²) in [5, 5.41) is 2.82. The number of aromatic nitrogens is 2. The molecule has 2 aromatic rings. The van der Waals surface area contributed by atoms with E-state index in [-0.39, 0.29) is 0 Å². The lowest BCUT2D eigenvalue weighted by Gasteiger charge is -2.18. The Bertz CT molecular complexity index is 671. The summed E-state index contributed by atoms with van der Waals surface area (Å²) >= 11 is 6.19. The van der Waals surface area contributed by atoms with Crippen LogP contribution in [0.5, 0.6) is 0 Å². The first-order chi connectivity index (χ1) is 10.1. The molecule has 0 spiro atoms. The first-order valence-electron chi connectivity index (χ1n) is 6.78. The summed E-state index contributed by atoms with van der Waals surface area (Å²) in [4.78, 5) is 12.6. The lowest BCUT2D eigenvalue weighted by atomic mass is 10.2. The van der Waals surface area contributed by atoms with Crippen molar-refractivity contribution in [3.63, 3.8) is 0 Å². The van der Waals surface area contributed by atoms with Crippen molar-refractivity contribution in [3.8, 4) is 0 Å². The Balaban J connectivity index is 1.82. The SMILES string of the molecule is Cc1ccc(N2CC(C)C(=Nc3ccncn3)N2)cc1Cl. The van der Waals surface area contributed by atoms with Gasteiger partial charge in [-0.1, -0.05) is 24.6 Å². The summed E-state index contributed by atoms with van der Waals surface area (Å²) in [5.74, 6) is 1.84. The summed E-state index contributed by atoms with van der Waals surface area (Å²) in [5.41, 5.74) is 5.42. The molecule has 0 radical (unpaired) electrons. The zero-order valence-corrected chi connectivity index (χ0v) is 12.7. The van der Waals surface area contributed by atoms with Crippen LogP contribution in [0, 0.1) is 12.8 Å². The van der Waals surface area contributed by atoms with Crippen molar-refractivity contribution in [1.82, 2.24) is 15.4 Å². The third kappa shape index (κ3) is 2.97. The summed E-state index contributed by atoms with van der Waals surface area (Å²) in [7, 11) is 0. The van der Waals surface area contributed by atoms with E-state index in [2.05, 4.69) is 38.4 Å². The van der Waals surface area contributed by atoms with Crippen molar-refractivity contribution in [2.24, 2.45) is 10.9 Å². The molecular weight excluding hydrogens is 286 g/mol. The molecule has 1 atom stereocenters. The monoisotopic (exact) mass is 301 g/mol. The Hall–Kier alpha value is -2.14. The molecule has 6 heteroatoms. The van der Waals surface area contributed by atoms with Crippen LogP contribution >= 0.6 is 11.6 Å². The Labute approximate surface area is 128 Å². The summed E-state index contributed by atoms with van der Waals surface area (Å²) in [6, 6.07) is 7.81. The van der Waals surface area contributed by atoms with Gasteiger partial charge in [-0.25, -0.2) is 15.0 Å². The fraction of sp³-hybridized carbons (Fsp3) is 0.267. The third-order valence-corrected chi connectivity index (χ3v) is 3.85. The maximum absolute atomic E-state index is 6.19. The first-order valence-corrected chi connectivity index (χ1v) is 7.16. The average molecular weight is 302 g/mol. The molecule has 1 saturated heterocycles. The molecule has 1 aromatic heterocycles. The van der Waals surface area contributed by atoms with Gasteiger partial charge in [0, 0.05) is 29.7 Å². The van der Waals surface area contributed by atoms with Gasteiger partial charge in [-0.3, -0.25) is 10.4 Å². The average Bonchev–Trinajstić information content (AvgIpc) is 2.84. The van der Waals surface area contributed by atoms with Gasteiger partial charge in [0.2, 0.25) is 0 Å². The van der Waals surface area contributed by atoms with Crippen molar-refractivity contribution in [3.05, 3.63) is 47.4 Å². The molecule has 21 heavy (non-hydrogen) atoms. The topological polar surface area (TPSA) is 53.4 Å². The number of hydrogen-bond donors (Lipinski definition) is 1. The minimum Gasteiger partial charge on any atom is -0.286 e. The minimum absolute atomic E-state index is 0.292. The standard InChI is InChI=1S/C15H16ClN5/c1-10-3-4-12(7-13(10)16)21-8-11(2)15(20-21)19-14-5-6-17-9-18-14/h3-7,9,11H,8H2,1-2H3,(H,17,18,19,20). The van der Waals surface area contributed by atoms with Crippen LogP contribution in [0.25, 0.3) is 0 Å². The van der Waals surface area contributed by atoms with Crippen LogP contribution in [0.2, 0.25) is 5.02 Å². The third-order valence-electron chi connectivity index (χ3n) is 3.44. The van der Waals surface area contributed by atoms with E-state index in [9.17, 15) is 0 Å². The second-order valence-electron chi connectivity index (χ2n) is 5.12. The van der Waals surface area contributed by atoms with Crippen LogP contribution < -0.4 is 10.4 Å². The lowest BCUT2D eigenvalue weighted by Crippen LogP contribution is -2.33. The van der Waals surface area contributed by atoms with Crippen LogP contribution in [-0.2, 0) is 0 Å². The van der Waals surface area contributed by atoms with Crippen molar-refractivity contribution < 1.29 is 0 Å². The molecule has 0 amide bonds. The number of benzene rings is 1. The highest BCUT2D eigenvalue weighted by Crippen LogP contribution is 2.25. The van der Waals surface area contributed by atoms with Crippen molar-refractivity contribution >= 4 is 28.9 Å². The minimum atomic E-state index is 0.292. The Morgan fingerprint density at radius 2 is 2.24 bits per heavy atom. The van der Waals surface area contributed by atoms with E-state index in [1.54, 1.807) is 12.3 Å². The number of hydrazine groups is 1. The molecule has 1 fully saturated rings. The number of amidine groups is 1. The van der Waals surface area contributed by atoms with Crippen LogP contribution in [-0.4, -0.2) is 22.3 Å². The number of nitrogens with zero attached hydrogens (tertiary/aromatic N) is 4. The molecule has 5 nitrogen and oxygen atoms in total. The molecule has 0 aliphatic carbocycles. The second-order valence-corrected chi connectivity index (χ2v) is 5.53. The Kier molecular flexibility index (Phi) is 3.75. The van der Waals surface area contributed by atoms with E-state index in [1.807, 2.05) is 19.1 Å². The molecule has 0 saturated carbocycles. The highest BCUT2D eigenvalue weighted by Gasteiger charge is 2.25. The molecule has 1 aliphatic rings. The fourth-order valence-corrected chi connectivity index (χ4v) is 2.36. The van der Waals surface area contributed by atoms with Crippen LogP contribution in [0.3, 0.4) is 0 Å². The first kappa shape index (κ1) is 13.8. The number of rotatable bonds is 2. The molecule has 0 bridgehead atoms. The normalized spacial score (nSPS) is 19.9.